The van der Waals surface area contributed by atoms with Crippen LogP contribution in [0.3, 0.4) is 0 Å². The lowest BCUT2D eigenvalue weighted by Crippen LogP contribution is -2.24. The molecule has 3 rings (SSSR count). The maximum Gasteiger partial charge on any atom is 0.299 e. The zero-order valence-corrected chi connectivity index (χ0v) is 11.5. The molecule has 1 aliphatic heterocycles. The van der Waals surface area contributed by atoms with Crippen LogP contribution in [-0.2, 0) is 13.0 Å². The number of hydrogen-bond donors (Lipinski definition) is 1. The van der Waals surface area contributed by atoms with Crippen molar-refractivity contribution in [3.05, 3.63) is 28.8 Å². The van der Waals surface area contributed by atoms with E-state index in [1.165, 1.54) is 11.3 Å². The molecule has 0 atom stereocenters. The molecule has 0 saturated carbocycles. The summed E-state index contributed by atoms with van der Waals surface area (Å²) in [6.45, 7) is 3.97. The highest BCUT2D eigenvalue weighted by molar-refractivity contribution is 7.13. The lowest BCUT2D eigenvalue weighted by atomic mass is 10.0. The maximum atomic E-state index is 8.97. The van der Waals surface area contributed by atoms with Crippen LogP contribution in [-0.4, -0.2) is 20.9 Å². The average molecular weight is 278 g/mol. The van der Waals surface area contributed by atoms with Gasteiger partial charge in [-0.25, -0.2) is 0 Å². The summed E-state index contributed by atoms with van der Waals surface area (Å²) in [4.78, 5) is 0. The predicted molar refractivity (Wildman–Crippen MR) is 70.8 cm³/mol. The quantitative estimate of drug-likeness (QED) is 0.934. The van der Waals surface area contributed by atoms with E-state index in [0.717, 1.165) is 17.7 Å². The van der Waals surface area contributed by atoms with Gasteiger partial charge >= 0.3 is 0 Å². The van der Waals surface area contributed by atoms with Crippen molar-refractivity contribution in [2.45, 2.75) is 32.5 Å². The number of aromatic nitrogens is 2. The Labute approximate surface area is 114 Å². The largest absolute Gasteiger partial charge is 0.483 e. The molecule has 5 nitrogen and oxygen atoms in total. The highest BCUT2D eigenvalue weighted by Crippen LogP contribution is 2.43. The second kappa shape index (κ2) is 4.47. The molecule has 1 aromatic carbocycles. The van der Waals surface area contributed by atoms with Crippen LogP contribution in [0.15, 0.2) is 18.2 Å². The fraction of sp³-hybridized carbons (Fsp3) is 0.385. The molecule has 0 spiro atoms. The minimum Gasteiger partial charge on any atom is -0.483 e. The van der Waals surface area contributed by atoms with E-state index in [1.54, 1.807) is 0 Å². The van der Waals surface area contributed by atoms with Gasteiger partial charge in [0.05, 0.1) is 6.61 Å². The summed E-state index contributed by atoms with van der Waals surface area (Å²) in [6.07, 6.45) is 0.859. The van der Waals surface area contributed by atoms with Crippen molar-refractivity contribution in [3.63, 3.8) is 0 Å². The number of para-hydroxylation sites is 1. The standard InChI is InChI=1S/C13H14N2O3S/c1-13(2)6-8-4-3-5-9(11(8)18-13)17-12-15-14-10(7-16)19-12/h3-5,16H,6-7H2,1-2H3. The Morgan fingerprint density at radius 1 is 1.42 bits per heavy atom. The summed E-state index contributed by atoms with van der Waals surface area (Å²) < 4.78 is 11.6. The Morgan fingerprint density at radius 2 is 2.26 bits per heavy atom. The highest BCUT2D eigenvalue weighted by atomic mass is 32.1. The van der Waals surface area contributed by atoms with Gasteiger partial charge in [-0.2, -0.15) is 0 Å². The number of aliphatic hydroxyl groups is 1. The fourth-order valence-electron chi connectivity index (χ4n) is 2.11. The van der Waals surface area contributed by atoms with Crippen LogP contribution in [0.5, 0.6) is 16.7 Å². The van der Waals surface area contributed by atoms with E-state index in [1.807, 2.05) is 32.0 Å². The van der Waals surface area contributed by atoms with Crippen molar-refractivity contribution >= 4 is 11.3 Å². The van der Waals surface area contributed by atoms with Crippen molar-refractivity contribution in [2.24, 2.45) is 0 Å². The van der Waals surface area contributed by atoms with Crippen molar-refractivity contribution < 1.29 is 14.6 Å². The van der Waals surface area contributed by atoms with Gasteiger partial charge in [0.2, 0.25) is 0 Å². The summed E-state index contributed by atoms with van der Waals surface area (Å²) in [5.74, 6) is 1.41. The molecule has 0 fully saturated rings. The minimum absolute atomic E-state index is 0.128. The van der Waals surface area contributed by atoms with Gasteiger partial charge in [-0.15, -0.1) is 5.10 Å². The number of aliphatic hydroxyl groups excluding tert-OH is 1. The Morgan fingerprint density at radius 3 is 3.00 bits per heavy atom. The van der Waals surface area contributed by atoms with Crippen molar-refractivity contribution in [2.75, 3.05) is 0 Å². The molecule has 0 bridgehead atoms. The molecule has 0 radical (unpaired) electrons. The predicted octanol–water partition coefficient (Wildman–Crippen LogP) is 2.54. The lowest BCUT2D eigenvalue weighted by molar-refractivity contribution is 0.135. The number of benzene rings is 1. The highest BCUT2D eigenvalue weighted by Gasteiger charge is 2.32. The summed E-state index contributed by atoms with van der Waals surface area (Å²) in [7, 11) is 0. The molecule has 19 heavy (non-hydrogen) atoms. The smallest absolute Gasteiger partial charge is 0.299 e. The molecule has 1 aromatic heterocycles. The number of nitrogens with zero attached hydrogens (tertiary/aromatic N) is 2. The molecule has 0 unspecified atom stereocenters. The molecule has 0 saturated heterocycles. The molecular weight excluding hydrogens is 264 g/mol. The first-order valence-electron chi connectivity index (χ1n) is 5.99. The van der Waals surface area contributed by atoms with Crippen LogP contribution >= 0.6 is 11.3 Å². The summed E-state index contributed by atoms with van der Waals surface area (Å²) in [5.41, 5.74) is 0.925. The van der Waals surface area contributed by atoms with E-state index < -0.39 is 0 Å². The van der Waals surface area contributed by atoms with E-state index in [4.69, 9.17) is 14.6 Å². The normalized spacial score (nSPS) is 15.9. The fourth-order valence-corrected chi connectivity index (χ4v) is 2.67. The maximum absolute atomic E-state index is 8.97. The van der Waals surface area contributed by atoms with Gasteiger partial charge in [-0.1, -0.05) is 28.6 Å². The first-order chi connectivity index (χ1) is 9.07. The number of rotatable bonds is 3. The topological polar surface area (TPSA) is 64.5 Å². The number of hydrogen-bond acceptors (Lipinski definition) is 6. The van der Waals surface area contributed by atoms with Crippen LogP contribution in [0.25, 0.3) is 0 Å². The van der Waals surface area contributed by atoms with Crippen LogP contribution in [0.2, 0.25) is 0 Å². The van der Waals surface area contributed by atoms with Crippen LogP contribution in [0, 0.1) is 0 Å². The summed E-state index contributed by atoms with van der Waals surface area (Å²) in [5, 5.41) is 17.6. The molecule has 2 heterocycles. The zero-order chi connectivity index (χ0) is 13.5. The second-order valence-electron chi connectivity index (χ2n) is 5.00. The first kappa shape index (κ1) is 12.4. The zero-order valence-electron chi connectivity index (χ0n) is 10.7. The van der Waals surface area contributed by atoms with Gasteiger partial charge in [-0.05, 0) is 19.9 Å². The van der Waals surface area contributed by atoms with E-state index in [9.17, 15) is 0 Å². The molecule has 1 aliphatic rings. The molecule has 0 aliphatic carbocycles. The molecule has 1 N–H and O–H groups in total. The van der Waals surface area contributed by atoms with Gasteiger partial charge in [0.15, 0.2) is 11.5 Å². The van der Waals surface area contributed by atoms with Crippen LogP contribution in [0.4, 0.5) is 0 Å². The van der Waals surface area contributed by atoms with Crippen molar-refractivity contribution in [3.8, 4) is 16.7 Å². The average Bonchev–Trinajstić information content (AvgIpc) is 2.92. The third kappa shape index (κ3) is 2.41. The van der Waals surface area contributed by atoms with Gasteiger partial charge in [0.25, 0.3) is 5.19 Å². The number of ether oxygens (including phenoxy) is 2. The Balaban J connectivity index is 1.89. The first-order valence-corrected chi connectivity index (χ1v) is 6.81. The van der Waals surface area contributed by atoms with Crippen LogP contribution < -0.4 is 9.47 Å². The van der Waals surface area contributed by atoms with E-state index >= 15 is 0 Å². The van der Waals surface area contributed by atoms with E-state index in [-0.39, 0.29) is 12.2 Å². The Hall–Kier alpha value is -1.66. The number of fused-ring (bicyclic) bond motifs is 1. The Bertz CT molecular complexity index is 610. The third-order valence-corrected chi connectivity index (χ3v) is 3.62. The Kier molecular flexibility index (Phi) is 2.91. The van der Waals surface area contributed by atoms with Gasteiger partial charge in [0, 0.05) is 12.0 Å². The molecule has 6 heteroatoms. The van der Waals surface area contributed by atoms with E-state index in [0.29, 0.717) is 16.0 Å². The molecule has 2 aromatic rings. The van der Waals surface area contributed by atoms with Gasteiger partial charge in [-0.3, -0.25) is 0 Å². The molecule has 0 amide bonds. The third-order valence-electron chi connectivity index (χ3n) is 2.84. The van der Waals surface area contributed by atoms with E-state index in [2.05, 4.69) is 10.2 Å². The molecular formula is C13H14N2O3S. The lowest BCUT2D eigenvalue weighted by Gasteiger charge is -2.17. The molecule has 100 valence electrons. The minimum atomic E-state index is -0.209. The van der Waals surface area contributed by atoms with Crippen molar-refractivity contribution in [1.29, 1.82) is 0 Å². The van der Waals surface area contributed by atoms with Gasteiger partial charge in [0.1, 0.15) is 10.6 Å². The summed E-state index contributed by atoms with van der Waals surface area (Å²) >= 11 is 1.22. The van der Waals surface area contributed by atoms with Crippen molar-refractivity contribution in [1.82, 2.24) is 10.2 Å². The SMILES string of the molecule is CC1(C)Cc2cccc(Oc3nnc(CO)s3)c2O1. The summed E-state index contributed by atoms with van der Waals surface area (Å²) in [6, 6.07) is 5.82. The monoisotopic (exact) mass is 278 g/mol. The second-order valence-corrected chi connectivity index (χ2v) is 6.03. The van der Waals surface area contributed by atoms with Gasteiger partial charge < -0.3 is 14.6 Å². The van der Waals surface area contributed by atoms with Crippen LogP contribution in [0.1, 0.15) is 24.4 Å².